The Kier molecular flexibility index (Phi) is 6.58. The highest BCUT2D eigenvalue weighted by Gasteiger charge is 2.18. The molecule has 0 aliphatic carbocycles. The molecule has 10 heteroatoms. The summed E-state index contributed by atoms with van der Waals surface area (Å²) in [7, 11) is 6.17. The molecule has 0 fully saturated rings. The van der Waals surface area contributed by atoms with Gasteiger partial charge in [-0.3, -0.25) is 0 Å². The van der Waals surface area contributed by atoms with Gasteiger partial charge >= 0.3 is 6.09 Å². The molecule has 1 atom stereocenters. The Morgan fingerprint density at radius 1 is 1.10 bits per heavy atom. The van der Waals surface area contributed by atoms with Gasteiger partial charge in [-0.05, 0) is 19.1 Å². The van der Waals surface area contributed by atoms with Gasteiger partial charge in [-0.25, -0.2) is 14.8 Å². The number of hydrogen-bond acceptors (Lipinski definition) is 8. The molecule has 0 saturated heterocycles. The normalized spacial score (nSPS) is 11.8. The lowest BCUT2D eigenvalue weighted by Gasteiger charge is -2.14. The van der Waals surface area contributed by atoms with Crippen LogP contribution >= 0.6 is 0 Å². The van der Waals surface area contributed by atoms with E-state index in [-0.39, 0.29) is 11.8 Å². The Bertz CT molecular complexity index is 1010. The standard InChI is InChI=1S/C20H24N4O6/c1-11(10-26-2)23-20(25)30-16-9-22-19-17(16)24-13(8-21-19)12-6-14(27-3)18(29-5)15(7-12)28-4/h6-9,11H,10H2,1-5H3,(H,21,22)(H,23,25). The van der Waals surface area contributed by atoms with Crippen LogP contribution in [0.15, 0.2) is 24.5 Å². The summed E-state index contributed by atoms with van der Waals surface area (Å²) < 4.78 is 26.5. The molecule has 0 radical (unpaired) electrons. The maximum absolute atomic E-state index is 12.1. The minimum Gasteiger partial charge on any atom is -0.493 e. The Labute approximate surface area is 173 Å². The first-order valence-electron chi connectivity index (χ1n) is 9.12. The number of ether oxygens (including phenoxy) is 5. The van der Waals surface area contributed by atoms with E-state index < -0.39 is 6.09 Å². The summed E-state index contributed by atoms with van der Waals surface area (Å²) in [4.78, 5) is 24.0. The number of methoxy groups -OCH3 is 4. The van der Waals surface area contributed by atoms with Crippen molar-refractivity contribution in [1.82, 2.24) is 20.3 Å². The maximum Gasteiger partial charge on any atom is 0.413 e. The van der Waals surface area contributed by atoms with E-state index in [2.05, 4.69) is 20.3 Å². The zero-order valence-electron chi connectivity index (χ0n) is 17.4. The largest absolute Gasteiger partial charge is 0.493 e. The highest BCUT2D eigenvalue weighted by atomic mass is 16.6. The van der Waals surface area contributed by atoms with Crippen LogP contribution in [-0.2, 0) is 4.74 Å². The smallest absolute Gasteiger partial charge is 0.413 e. The van der Waals surface area contributed by atoms with E-state index >= 15 is 0 Å². The quantitative estimate of drug-likeness (QED) is 0.576. The van der Waals surface area contributed by atoms with Crippen LogP contribution in [0.4, 0.5) is 4.79 Å². The molecule has 0 saturated carbocycles. The van der Waals surface area contributed by atoms with Gasteiger partial charge < -0.3 is 34.0 Å². The van der Waals surface area contributed by atoms with Crippen LogP contribution in [0.1, 0.15) is 6.92 Å². The molecule has 160 valence electrons. The van der Waals surface area contributed by atoms with Crippen molar-refractivity contribution in [1.29, 1.82) is 0 Å². The minimum atomic E-state index is -0.611. The van der Waals surface area contributed by atoms with E-state index in [4.69, 9.17) is 23.7 Å². The zero-order valence-corrected chi connectivity index (χ0v) is 17.4. The molecule has 10 nitrogen and oxygen atoms in total. The van der Waals surface area contributed by atoms with Gasteiger partial charge in [-0.1, -0.05) is 0 Å². The summed E-state index contributed by atoms with van der Waals surface area (Å²) in [5.41, 5.74) is 2.14. The number of rotatable bonds is 8. The van der Waals surface area contributed by atoms with E-state index in [0.29, 0.717) is 46.3 Å². The number of H-pyrrole nitrogens is 1. The van der Waals surface area contributed by atoms with Gasteiger partial charge in [0.05, 0.1) is 45.9 Å². The number of aromatic amines is 1. The second-order valence-corrected chi connectivity index (χ2v) is 6.41. The molecule has 1 amide bonds. The molecule has 0 spiro atoms. The summed E-state index contributed by atoms with van der Waals surface area (Å²) in [6.07, 6.45) is 2.52. The van der Waals surface area contributed by atoms with Crippen LogP contribution < -0.4 is 24.3 Å². The number of carbonyl (C=O) groups is 1. The zero-order chi connectivity index (χ0) is 21.7. The Balaban J connectivity index is 1.94. The first-order chi connectivity index (χ1) is 14.5. The molecule has 2 aromatic heterocycles. The van der Waals surface area contributed by atoms with Crippen molar-refractivity contribution >= 4 is 17.3 Å². The number of amides is 1. The van der Waals surface area contributed by atoms with Crippen LogP contribution in [0.25, 0.3) is 22.4 Å². The van der Waals surface area contributed by atoms with Crippen LogP contribution in [0.5, 0.6) is 23.0 Å². The van der Waals surface area contributed by atoms with Crippen LogP contribution in [-0.4, -0.2) is 62.1 Å². The van der Waals surface area contributed by atoms with E-state index in [9.17, 15) is 4.79 Å². The molecule has 3 aromatic rings. The number of nitrogens with zero attached hydrogens (tertiary/aromatic N) is 2. The van der Waals surface area contributed by atoms with Gasteiger partial charge in [-0.2, -0.15) is 0 Å². The van der Waals surface area contributed by atoms with Gasteiger partial charge in [0.2, 0.25) is 5.75 Å². The summed E-state index contributed by atoms with van der Waals surface area (Å²) in [6, 6.07) is 3.33. The molecule has 0 aliphatic rings. The molecule has 1 aromatic carbocycles. The van der Waals surface area contributed by atoms with Crippen molar-refractivity contribution in [3.8, 4) is 34.3 Å². The fourth-order valence-corrected chi connectivity index (χ4v) is 2.94. The lowest BCUT2D eigenvalue weighted by molar-refractivity contribution is 0.159. The third kappa shape index (κ3) is 4.38. The van der Waals surface area contributed by atoms with Crippen molar-refractivity contribution in [3.63, 3.8) is 0 Å². The number of carbonyl (C=O) groups excluding carboxylic acids is 1. The molecule has 30 heavy (non-hydrogen) atoms. The van der Waals surface area contributed by atoms with Gasteiger partial charge in [0.25, 0.3) is 0 Å². The van der Waals surface area contributed by atoms with E-state index in [0.717, 1.165) is 0 Å². The molecule has 2 heterocycles. The number of fused-ring (bicyclic) bond motifs is 1. The molecule has 1 unspecified atom stereocenters. The summed E-state index contributed by atoms with van der Waals surface area (Å²) >= 11 is 0. The predicted molar refractivity (Wildman–Crippen MR) is 109 cm³/mol. The van der Waals surface area contributed by atoms with Crippen LogP contribution in [0.3, 0.4) is 0 Å². The predicted octanol–water partition coefficient (Wildman–Crippen LogP) is 2.77. The van der Waals surface area contributed by atoms with Crippen molar-refractivity contribution in [2.75, 3.05) is 35.0 Å². The topological polar surface area (TPSA) is 117 Å². The van der Waals surface area contributed by atoms with Crippen LogP contribution in [0, 0.1) is 0 Å². The van der Waals surface area contributed by atoms with E-state index in [1.165, 1.54) is 27.5 Å². The first-order valence-corrected chi connectivity index (χ1v) is 9.12. The van der Waals surface area contributed by atoms with Gasteiger partial charge in [-0.15, -0.1) is 0 Å². The SMILES string of the molecule is COCC(C)NC(=O)Oc1c[nH]c2ncc(-c3cc(OC)c(OC)c(OC)c3)nc12. The van der Waals surface area contributed by atoms with E-state index in [1.807, 2.05) is 6.92 Å². The Morgan fingerprint density at radius 3 is 2.40 bits per heavy atom. The second kappa shape index (κ2) is 9.31. The number of nitrogens with one attached hydrogen (secondary N) is 2. The lowest BCUT2D eigenvalue weighted by Crippen LogP contribution is -2.37. The van der Waals surface area contributed by atoms with E-state index in [1.54, 1.807) is 25.4 Å². The third-order valence-electron chi connectivity index (χ3n) is 4.29. The molecule has 3 rings (SSSR count). The monoisotopic (exact) mass is 416 g/mol. The average molecular weight is 416 g/mol. The van der Waals surface area contributed by atoms with Gasteiger partial charge in [0.1, 0.15) is 0 Å². The van der Waals surface area contributed by atoms with Crippen molar-refractivity contribution in [2.45, 2.75) is 13.0 Å². The average Bonchev–Trinajstić information content (AvgIpc) is 3.14. The first kappa shape index (κ1) is 21.2. The van der Waals surface area contributed by atoms with Crippen LogP contribution in [0.2, 0.25) is 0 Å². The van der Waals surface area contributed by atoms with Gasteiger partial charge in [0, 0.05) is 18.9 Å². The number of aromatic nitrogens is 3. The van der Waals surface area contributed by atoms with Crippen molar-refractivity contribution < 1.29 is 28.5 Å². The van der Waals surface area contributed by atoms with Gasteiger partial charge in [0.15, 0.2) is 28.4 Å². The molecular formula is C20H24N4O6. The molecule has 0 bridgehead atoms. The second-order valence-electron chi connectivity index (χ2n) is 6.41. The Hall–Kier alpha value is -3.53. The maximum atomic E-state index is 12.1. The summed E-state index contributed by atoms with van der Waals surface area (Å²) in [5, 5.41) is 2.68. The molecular weight excluding hydrogens is 392 g/mol. The van der Waals surface area contributed by atoms with Crippen molar-refractivity contribution in [3.05, 3.63) is 24.5 Å². The number of hydrogen-bond donors (Lipinski definition) is 2. The summed E-state index contributed by atoms with van der Waals surface area (Å²) in [5.74, 6) is 1.72. The fraction of sp³-hybridized carbons (Fsp3) is 0.350. The number of benzene rings is 1. The van der Waals surface area contributed by atoms with Crippen molar-refractivity contribution in [2.24, 2.45) is 0 Å². The lowest BCUT2D eigenvalue weighted by atomic mass is 10.1. The third-order valence-corrected chi connectivity index (χ3v) is 4.29. The Morgan fingerprint density at radius 2 is 1.80 bits per heavy atom. The fourth-order valence-electron chi connectivity index (χ4n) is 2.94. The molecule has 0 aliphatic heterocycles. The molecule has 2 N–H and O–H groups in total. The highest BCUT2D eigenvalue weighted by Crippen LogP contribution is 2.41. The summed E-state index contributed by atoms with van der Waals surface area (Å²) in [6.45, 7) is 2.18. The minimum absolute atomic E-state index is 0.200. The highest BCUT2D eigenvalue weighted by molar-refractivity contribution is 5.84.